The zero-order chi connectivity index (χ0) is 30.7. The van der Waals surface area contributed by atoms with Gasteiger partial charge in [0.1, 0.15) is 30.0 Å². The van der Waals surface area contributed by atoms with Crippen LogP contribution in [0.1, 0.15) is 60.8 Å². The van der Waals surface area contributed by atoms with E-state index in [2.05, 4.69) is 6.58 Å². The summed E-state index contributed by atoms with van der Waals surface area (Å²) in [5.74, 6) is -5.86. The van der Waals surface area contributed by atoms with E-state index >= 15 is 0 Å². The molecule has 228 valence electrons. The first-order valence-electron chi connectivity index (χ1n) is 13.6. The molecular weight excluding hydrogens is 564 g/mol. The molecule has 2 unspecified atom stereocenters. The Bertz CT molecular complexity index is 1150. The highest BCUT2D eigenvalue weighted by atomic mass is 35.5. The summed E-state index contributed by atoms with van der Waals surface area (Å²) in [6.07, 6.45) is -6.01. The molecule has 0 aromatic rings. The highest BCUT2D eigenvalue weighted by molar-refractivity contribution is 6.23. The first-order valence-corrected chi connectivity index (χ1v) is 14.0. The molecule has 4 aliphatic rings. The van der Waals surface area contributed by atoms with Gasteiger partial charge in [-0.15, -0.1) is 11.6 Å². The second kappa shape index (κ2) is 10.9. The molecule has 2 aliphatic carbocycles. The third-order valence-corrected chi connectivity index (χ3v) is 9.58. The Balaban J connectivity index is 2.05. The minimum atomic E-state index is -2.21. The lowest BCUT2D eigenvalue weighted by Gasteiger charge is -2.58. The summed E-state index contributed by atoms with van der Waals surface area (Å²) in [6, 6.07) is 0. The van der Waals surface area contributed by atoms with Crippen LogP contribution in [0.25, 0.3) is 0 Å². The Morgan fingerprint density at radius 1 is 0.976 bits per heavy atom. The fraction of sp³-hybridized carbons (Fsp3) is 0.750. The SMILES string of the molecule is C=C1CC[C@H](OC(C)=O)[C@]2(C)C([C@H](OC(C)=O)C3(O)[C@@H](C)C(=O)O[C@H]3[C@H]1Cl)[C@@]1(CO1)C[C@H](OC(C)=O)[C@@H]2OC(C)=O. The second-order valence-corrected chi connectivity index (χ2v) is 12.2. The Morgan fingerprint density at radius 3 is 2.02 bits per heavy atom. The van der Waals surface area contributed by atoms with Gasteiger partial charge < -0.3 is 33.5 Å². The van der Waals surface area contributed by atoms with Gasteiger partial charge >= 0.3 is 29.8 Å². The number of carbonyl (C=O) groups excluding carboxylic acids is 5. The van der Waals surface area contributed by atoms with Crippen molar-refractivity contribution in [1.82, 2.24) is 0 Å². The molecule has 1 N–H and O–H groups in total. The van der Waals surface area contributed by atoms with Crippen molar-refractivity contribution in [3.05, 3.63) is 12.2 Å². The fourth-order valence-corrected chi connectivity index (χ4v) is 7.59. The van der Waals surface area contributed by atoms with E-state index in [4.69, 9.17) is 40.0 Å². The molecule has 4 rings (SSSR count). The van der Waals surface area contributed by atoms with Crippen molar-refractivity contribution in [2.24, 2.45) is 17.3 Å². The molecule has 0 aromatic heterocycles. The van der Waals surface area contributed by atoms with Crippen LogP contribution in [-0.4, -0.2) is 88.7 Å². The maximum atomic E-state index is 13.0. The van der Waals surface area contributed by atoms with Crippen LogP contribution in [0.3, 0.4) is 0 Å². The molecule has 4 fully saturated rings. The molecule has 2 heterocycles. The Kier molecular flexibility index (Phi) is 8.27. The van der Waals surface area contributed by atoms with E-state index in [1.54, 1.807) is 6.92 Å². The molecule has 0 radical (unpaired) electrons. The molecule has 2 saturated carbocycles. The van der Waals surface area contributed by atoms with E-state index in [0.29, 0.717) is 5.57 Å². The summed E-state index contributed by atoms with van der Waals surface area (Å²) in [7, 11) is 0. The molecule has 11 atom stereocenters. The summed E-state index contributed by atoms with van der Waals surface area (Å²) in [4.78, 5) is 62.9. The lowest BCUT2D eigenvalue weighted by Crippen LogP contribution is -2.72. The number of fused-ring (bicyclic) bond motifs is 3. The summed E-state index contributed by atoms with van der Waals surface area (Å²) >= 11 is 6.78. The number of halogens is 1. The smallest absolute Gasteiger partial charge is 0.312 e. The van der Waals surface area contributed by atoms with Crippen molar-refractivity contribution in [2.45, 2.75) is 108 Å². The van der Waals surface area contributed by atoms with Crippen molar-refractivity contribution in [3.63, 3.8) is 0 Å². The number of aliphatic hydroxyl groups is 1. The number of esters is 5. The molecule has 2 aliphatic heterocycles. The summed E-state index contributed by atoms with van der Waals surface area (Å²) < 4.78 is 34.9. The topological polar surface area (TPSA) is 164 Å². The van der Waals surface area contributed by atoms with Crippen LogP contribution in [-0.2, 0) is 52.4 Å². The second-order valence-electron chi connectivity index (χ2n) is 11.8. The third-order valence-electron chi connectivity index (χ3n) is 9.04. The van der Waals surface area contributed by atoms with Crippen LogP contribution in [0.2, 0.25) is 0 Å². The predicted octanol–water partition coefficient (Wildman–Crippen LogP) is 1.76. The molecule has 0 aromatic carbocycles. The largest absolute Gasteiger partial charge is 0.462 e. The van der Waals surface area contributed by atoms with Gasteiger partial charge in [-0.3, -0.25) is 24.0 Å². The van der Waals surface area contributed by atoms with Crippen LogP contribution in [0, 0.1) is 17.3 Å². The lowest BCUT2D eigenvalue weighted by molar-refractivity contribution is -0.263. The van der Waals surface area contributed by atoms with Gasteiger partial charge in [0, 0.05) is 40.0 Å². The highest BCUT2D eigenvalue weighted by Gasteiger charge is 2.77. The zero-order valence-corrected chi connectivity index (χ0v) is 24.7. The minimum absolute atomic E-state index is 0.00369. The van der Waals surface area contributed by atoms with Gasteiger partial charge in [-0.1, -0.05) is 19.1 Å². The van der Waals surface area contributed by atoms with Crippen LogP contribution < -0.4 is 0 Å². The van der Waals surface area contributed by atoms with Crippen molar-refractivity contribution < 1.29 is 57.5 Å². The summed E-state index contributed by atoms with van der Waals surface area (Å²) in [6.45, 7) is 12.0. The van der Waals surface area contributed by atoms with Gasteiger partial charge in [-0.25, -0.2) is 0 Å². The normalized spacial score (nSPS) is 43.6. The standard InChI is InChI=1S/C28H37ClO12/c1-12-8-9-19(38-15(4)31)26(7)21(27(11-36-27)10-18(37-14(3)30)22(26)39-16(5)32)24(40-17(6)33)28(35)13(2)25(34)41-23(28)20(12)29/h13,18-24,35H,1,8-11H2,2-7H3/t13-,18-,19-,20-,21?,22-,23-,24-,26+,27-,28?/m0/s1. The van der Waals surface area contributed by atoms with Gasteiger partial charge in [0.15, 0.2) is 11.7 Å². The molecule has 12 nitrogen and oxygen atoms in total. The minimum Gasteiger partial charge on any atom is -0.462 e. The average molecular weight is 601 g/mol. The van der Waals surface area contributed by atoms with E-state index < -0.39 is 94.2 Å². The van der Waals surface area contributed by atoms with Crippen LogP contribution in [0.4, 0.5) is 0 Å². The number of epoxide rings is 1. The maximum Gasteiger partial charge on any atom is 0.312 e. The van der Waals surface area contributed by atoms with Crippen LogP contribution in [0.15, 0.2) is 12.2 Å². The summed E-state index contributed by atoms with van der Waals surface area (Å²) in [5, 5.41) is 11.4. The van der Waals surface area contributed by atoms with Gasteiger partial charge in [0.05, 0.1) is 23.3 Å². The number of rotatable bonds is 4. The number of hydrogen-bond donors (Lipinski definition) is 1. The summed E-state index contributed by atoms with van der Waals surface area (Å²) in [5.41, 5.74) is -4.56. The number of hydrogen-bond acceptors (Lipinski definition) is 12. The molecular formula is C28H37ClO12. The predicted molar refractivity (Wildman–Crippen MR) is 139 cm³/mol. The fourth-order valence-electron chi connectivity index (χ4n) is 7.23. The third kappa shape index (κ3) is 5.23. The first kappa shape index (κ1) is 31.2. The van der Waals surface area contributed by atoms with Crippen molar-refractivity contribution in [1.29, 1.82) is 0 Å². The Hall–Kier alpha value is -2.70. The van der Waals surface area contributed by atoms with E-state index in [9.17, 15) is 29.1 Å². The van der Waals surface area contributed by atoms with E-state index in [1.807, 2.05) is 0 Å². The molecule has 1 spiro atoms. The Labute approximate surface area is 242 Å². The van der Waals surface area contributed by atoms with Gasteiger partial charge in [-0.2, -0.15) is 0 Å². The van der Waals surface area contributed by atoms with Crippen molar-refractivity contribution in [3.8, 4) is 0 Å². The first-order chi connectivity index (χ1) is 19.0. The van der Waals surface area contributed by atoms with E-state index in [1.165, 1.54) is 27.7 Å². The van der Waals surface area contributed by atoms with Gasteiger partial charge in [-0.05, 0) is 19.8 Å². The van der Waals surface area contributed by atoms with Crippen molar-refractivity contribution in [2.75, 3.05) is 6.61 Å². The van der Waals surface area contributed by atoms with E-state index in [-0.39, 0.29) is 25.9 Å². The molecule has 0 bridgehead atoms. The highest BCUT2D eigenvalue weighted by Crippen LogP contribution is 2.63. The lowest BCUT2D eigenvalue weighted by atomic mass is 9.51. The van der Waals surface area contributed by atoms with Crippen LogP contribution in [0.5, 0.6) is 0 Å². The average Bonchev–Trinajstić information content (AvgIpc) is 3.57. The quantitative estimate of drug-likeness (QED) is 0.164. The molecule has 41 heavy (non-hydrogen) atoms. The van der Waals surface area contributed by atoms with Gasteiger partial charge in [0.2, 0.25) is 0 Å². The molecule has 13 heteroatoms. The number of alkyl halides is 1. The zero-order valence-electron chi connectivity index (χ0n) is 24.0. The van der Waals surface area contributed by atoms with Gasteiger partial charge in [0.25, 0.3) is 0 Å². The molecule has 2 saturated heterocycles. The monoisotopic (exact) mass is 600 g/mol. The number of carbonyl (C=O) groups is 5. The van der Waals surface area contributed by atoms with Crippen molar-refractivity contribution >= 4 is 41.4 Å². The van der Waals surface area contributed by atoms with Crippen LogP contribution >= 0.6 is 11.6 Å². The van der Waals surface area contributed by atoms with E-state index in [0.717, 1.165) is 6.92 Å². The number of ether oxygens (including phenoxy) is 6. The molecule has 0 amide bonds. The maximum absolute atomic E-state index is 13.0. The Morgan fingerprint density at radius 2 is 1.51 bits per heavy atom.